The molecule has 0 amide bonds. The lowest BCUT2D eigenvalue weighted by Crippen LogP contribution is -2.26. The third kappa shape index (κ3) is 12.4. The molecule has 13 nitrogen and oxygen atoms in total. The van der Waals surface area contributed by atoms with Crippen molar-refractivity contribution in [2.45, 2.75) is 52.4 Å². The quantitative estimate of drug-likeness (QED) is 0.0982. The standard InChI is InChI=1S/C26H20N2O7S.C10H8.C6H12O4S.2C2H6/c1-3-35-26(31)22-19-15-11-7-8-12-16(15)24(29)20-17(27-14-9-5-4-6-10-14)13-18(36(32,33)34-2)23(21(19)20)28-25(22)30;1-2-6-10-8-4-3-7-9(10)5-1;1-10-6(7)4-3-5-11(2,8)9;2*1-2/h4-13,27H,3H2,1-2H3,(H,28,30);1-8H;3-5H2,1-2H3;2*1-2H3. The third-order valence-corrected chi connectivity index (χ3v) is 11.1. The first-order valence-electron chi connectivity index (χ1n) is 19.6. The number of para-hydroxylation sites is 1. The number of methoxy groups -OCH3 is 1. The van der Waals surface area contributed by atoms with Crippen LogP contribution in [0.2, 0.25) is 0 Å². The van der Waals surface area contributed by atoms with Gasteiger partial charge in [-0.3, -0.25) is 18.6 Å². The van der Waals surface area contributed by atoms with Crippen LogP contribution in [0.3, 0.4) is 0 Å². The molecule has 0 bridgehead atoms. The summed E-state index contributed by atoms with van der Waals surface area (Å²) in [6.45, 7) is 9.62. The largest absolute Gasteiger partial charge is 0.469 e. The lowest BCUT2D eigenvalue weighted by atomic mass is 9.81. The number of carbonyl (C=O) groups is 3. The number of benzene rings is 5. The molecular weight excluding hydrogens is 821 g/mol. The van der Waals surface area contributed by atoms with Crippen LogP contribution in [0.5, 0.6) is 0 Å². The number of fused-ring (bicyclic) bond motifs is 3. The molecular formula is C46H52N2O11S2. The molecule has 0 saturated carbocycles. The highest BCUT2D eigenvalue weighted by Crippen LogP contribution is 2.45. The van der Waals surface area contributed by atoms with Crippen LogP contribution in [0.25, 0.3) is 32.8 Å². The van der Waals surface area contributed by atoms with Gasteiger partial charge in [0.2, 0.25) is 0 Å². The first-order valence-corrected chi connectivity index (χ1v) is 23.1. The maximum Gasteiger partial charge on any atom is 0.344 e. The smallest absolute Gasteiger partial charge is 0.344 e. The van der Waals surface area contributed by atoms with Gasteiger partial charge in [-0.2, -0.15) is 8.42 Å². The number of ketones is 1. The van der Waals surface area contributed by atoms with Crippen LogP contribution in [0, 0.1) is 0 Å². The number of nitrogens with one attached hydrogen (secondary N) is 2. The molecule has 2 N–H and O–H groups in total. The lowest BCUT2D eigenvalue weighted by molar-refractivity contribution is -0.140. The van der Waals surface area contributed by atoms with Crippen LogP contribution >= 0.6 is 0 Å². The summed E-state index contributed by atoms with van der Waals surface area (Å²) in [6, 6.07) is 33.4. The second-order valence-corrected chi connectivity index (χ2v) is 16.6. The molecule has 324 valence electrons. The van der Waals surface area contributed by atoms with Crippen molar-refractivity contribution < 1.29 is 44.9 Å². The Kier molecular flexibility index (Phi) is 18.6. The van der Waals surface area contributed by atoms with E-state index >= 15 is 0 Å². The van der Waals surface area contributed by atoms with Gasteiger partial charge in [0.25, 0.3) is 15.7 Å². The zero-order chi connectivity index (χ0) is 45.3. The van der Waals surface area contributed by atoms with Gasteiger partial charge < -0.3 is 19.8 Å². The first-order chi connectivity index (χ1) is 29.2. The highest BCUT2D eigenvalue weighted by molar-refractivity contribution is 7.90. The van der Waals surface area contributed by atoms with Gasteiger partial charge >= 0.3 is 11.9 Å². The van der Waals surface area contributed by atoms with E-state index in [4.69, 9.17) is 8.92 Å². The van der Waals surface area contributed by atoms with Gasteiger partial charge in [-0.25, -0.2) is 13.2 Å². The molecule has 0 saturated heterocycles. The van der Waals surface area contributed by atoms with Crippen molar-refractivity contribution in [1.29, 1.82) is 0 Å². The SMILES string of the molecule is CC.CC.CCOC(=O)c1c2c3c(c(Nc4ccccc4)cc(S(=O)(=O)OC)c3[nH]c1=O)C(=O)c1ccccc1-2.COC(=O)CCCS(C)(=O)=O.c1ccc2ccccc2c1. The Bertz CT molecular complexity index is 2680. The Morgan fingerprint density at radius 1 is 0.721 bits per heavy atom. The summed E-state index contributed by atoms with van der Waals surface area (Å²) in [5.41, 5.74) is 0.296. The minimum Gasteiger partial charge on any atom is -0.469 e. The van der Waals surface area contributed by atoms with E-state index in [9.17, 15) is 36.0 Å². The molecule has 1 aliphatic rings. The number of hydrogen-bond acceptors (Lipinski definition) is 12. The van der Waals surface area contributed by atoms with Crippen molar-refractivity contribution in [2.75, 3.05) is 38.2 Å². The summed E-state index contributed by atoms with van der Waals surface area (Å²) in [6.07, 6.45) is 1.65. The van der Waals surface area contributed by atoms with Crippen molar-refractivity contribution in [3.63, 3.8) is 0 Å². The van der Waals surface area contributed by atoms with Crippen LogP contribution in [0.1, 0.15) is 73.7 Å². The highest BCUT2D eigenvalue weighted by Gasteiger charge is 2.36. The van der Waals surface area contributed by atoms with Gasteiger partial charge in [-0.15, -0.1) is 0 Å². The molecule has 1 aromatic heterocycles. The molecule has 0 atom stereocenters. The normalized spacial score (nSPS) is 11.1. The topological polar surface area (TPSA) is 192 Å². The summed E-state index contributed by atoms with van der Waals surface area (Å²) in [5, 5.41) is 5.84. The van der Waals surface area contributed by atoms with E-state index in [0.29, 0.717) is 17.7 Å². The van der Waals surface area contributed by atoms with Gasteiger partial charge in [0, 0.05) is 34.9 Å². The van der Waals surface area contributed by atoms with Crippen molar-refractivity contribution in [3.8, 4) is 11.1 Å². The van der Waals surface area contributed by atoms with E-state index in [1.54, 1.807) is 55.5 Å². The zero-order valence-corrected chi connectivity index (χ0v) is 37.2. The van der Waals surface area contributed by atoms with E-state index < -0.39 is 37.3 Å². The molecule has 0 fully saturated rings. The van der Waals surface area contributed by atoms with Crippen LogP contribution in [-0.4, -0.2) is 72.4 Å². The number of rotatable bonds is 10. The summed E-state index contributed by atoms with van der Waals surface area (Å²) < 4.78 is 61.3. The Labute approximate surface area is 357 Å². The van der Waals surface area contributed by atoms with Gasteiger partial charge in [-0.05, 0) is 47.9 Å². The average Bonchev–Trinajstić information content (AvgIpc) is 3.27. The molecule has 0 radical (unpaired) electrons. The Morgan fingerprint density at radius 2 is 1.25 bits per heavy atom. The number of ether oxygens (including phenoxy) is 2. The Morgan fingerprint density at radius 3 is 1.75 bits per heavy atom. The number of sulfone groups is 1. The fourth-order valence-electron chi connectivity index (χ4n) is 6.16. The van der Waals surface area contributed by atoms with E-state index in [2.05, 4.69) is 63.6 Å². The number of aromatic nitrogens is 1. The number of anilines is 2. The fourth-order valence-corrected chi connectivity index (χ4v) is 7.67. The third-order valence-electron chi connectivity index (χ3n) is 8.73. The second-order valence-electron chi connectivity index (χ2n) is 12.6. The number of H-pyrrole nitrogens is 1. The highest BCUT2D eigenvalue weighted by atomic mass is 32.2. The maximum absolute atomic E-state index is 13.8. The minimum atomic E-state index is -4.35. The van der Waals surface area contributed by atoms with E-state index in [-0.39, 0.29) is 68.5 Å². The first kappa shape index (κ1) is 49.2. The number of esters is 2. The van der Waals surface area contributed by atoms with E-state index in [1.807, 2.05) is 33.8 Å². The maximum atomic E-state index is 13.8. The summed E-state index contributed by atoms with van der Waals surface area (Å²) in [7, 11) is -5.01. The minimum absolute atomic E-state index is 0.0160. The van der Waals surface area contributed by atoms with E-state index in [1.165, 1.54) is 23.9 Å². The molecule has 1 heterocycles. The van der Waals surface area contributed by atoms with Crippen LogP contribution in [0.15, 0.2) is 119 Å². The molecule has 61 heavy (non-hydrogen) atoms. The van der Waals surface area contributed by atoms with Crippen molar-refractivity contribution in [3.05, 3.63) is 136 Å². The summed E-state index contributed by atoms with van der Waals surface area (Å²) >= 11 is 0. The Hall–Kier alpha value is -6.16. The number of pyridine rings is 1. The zero-order valence-electron chi connectivity index (χ0n) is 35.5. The lowest BCUT2D eigenvalue weighted by Gasteiger charge is -2.25. The van der Waals surface area contributed by atoms with Crippen molar-refractivity contribution >= 4 is 70.7 Å². The molecule has 0 aliphatic heterocycles. The Balaban J connectivity index is 0.000000323. The van der Waals surface area contributed by atoms with Crippen LogP contribution in [0.4, 0.5) is 11.4 Å². The van der Waals surface area contributed by atoms with Gasteiger partial charge in [0.05, 0.1) is 43.3 Å². The summed E-state index contributed by atoms with van der Waals surface area (Å²) in [4.78, 5) is 52.6. The van der Waals surface area contributed by atoms with Gasteiger partial charge in [0.15, 0.2) is 5.78 Å². The monoisotopic (exact) mass is 872 g/mol. The van der Waals surface area contributed by atoms with Crippen molar-refractivity contribution in [1.82, 2.24) is 4.98 Å². The number of carbonyl (C=O) groups excluding carboxylic acids is 3. The molecule has 6 aromatic rings. The molecule has 5 aromatic carbocycles. The molecule has 1 aliphatic carbocycles. The number of hydrogen-bond donors (Lipinski definition) is 2. The van der Waals surface area contributed by atoms with Gasteiger partial charge in [-0.1, -0.05) is 119 Å². The van der Waals surface area contributed by atoms with Crippen LogP contribution in [-0.2, 0) is 38.4 Å². The average molecular weight is 873 g/mol. The second kappa shape index (κ2) is 23.0. The fraction of sp³-hybridized carbons (Fsp3) is 0.261. The van der Waals surface area contributed by atoms with Crippen molar-refractivity contribution in [2.24, 2.45) is 0 Å². The molecule has 15 heteroatoms. The van der Waals surface area contributed by atoms with Crippen LogP contribution < -0.4 is 10.9 Å². The molecule has 7 rings (SSSR count). The summed E-state index contributed by atoms with van der Waals surface area (Å²) in [5.74, 6) is -1.61. The molecule has 0 spiro atoms. The predicted octanol–water partition coefficient (Wildman–Crippen LogP) is 8.87. The molecule has 0 unspecified atom stereocenters. The van der Waals surface area contributed by atoms with Gasteiger partial charge in [0.1, 0.15) is 20.3 Å². The van der Waals surface area contributed by atoms with E-state index in [0.717, 1.165) is 13.4 Å². The number of aromatic amines is 1. The predicted molar refractivity (Wildman–Crippen MR) is 241 cm³/mol.